The second kappa shape index (κ2) is 5.48. The third-order valence-electron chi connectivity index (χ3n) is 4.11. The molecular weight excluding hydrogens is 314 g/mol. The van der Waals surface area contributed by atoms with Crippen LogP contribution in [0.4, 0.5) is 0 Å². The molecule has 0 amide bonds. The van der Waals surface area contributed by atoms with Crippen molar-refractivity contribution in [3.05, 3.63) is 78.8 Å². The first kappa shape index (κ1) is 13.8. The summed E-state index contributed by atoms with van der Waals surface area (Å²) in [6, 6.07) is 14.0. The van der Waals surface area contributed by atoms with Crippen LogP contribution in [-0.4, -0.2) is 34.3 Å². The maximum absolute atomic E-state index is 4.64. The minimum absolute atomic E-state index is 0.645. The highest BCUT2D eigenvalue weighted by Gasteiger charge is 2.10. The van der Waals surface area contributed by atoms with Crippen LogP contribution in [0.15, 0.2) is 67.4 Å². The van der Waals surface area contributed by atoms with Crippen molar-refractivity contribution in [3.8, 4) is 5.82 Å². The van der Waals surface area contributed by atoms with Crippen molar-refractivity contribution in [1.82, 2.24) is 34.3 Å². The summed E-state index contributed by atoms with van der Waals surface area (Å²) in [6.45, 7) is 0. The SMILES string of the molecule is c1cnc2ccc(Cc3nnc4ccc(-n5ccnc5)nn34)cc2c1. The molecule has 0 atom stereocenters. The summed E-state index contributed by atoms with van der Waals surface area (Å²) in [5, 5.41) is 14.3. The quantitative estimate of drug-likeness (QED) is 0.509. The van der Waals surface area contributed by atoms with Gasteiger partial charge in [0.1, 0.15) is 6.33 Å². The molecular formula is C18H13N7. The fourth-order valence-electron chi connectivity index (χ4n) is 2.88. The summed E-state index contributed by atoms with van der Waals surface area (Å²) >= 11 is 0. The van der Waals surface area contributed by atoms with Gasteiger partial charge in [0.15, 0.2) is 17.3 Å². The van der Waals surface area contributed by atoms with Crippen LogP contribution in [0, 0.1) is 0 Å². The molecule has 0 N–H and O–H groups in total. The number of benzene rings is 1. The number of aromatic nitrogens is 7. The minimum Gasteiger partial charge on any atom is -0.289 e. The molecule has 5 aromatic rings. The Morgan fingerprint density at radius 1 is 0.960 bits per heavy atom. The maximum atomic E-state index is 4.64. The predicted octanol–water partition coefficient (Wildman–Crippen LogP) is 2.45. The van der Waals surface area contributed by atoms with Gasteiger partial charge in [-0.2, -0.15) is 4.52 Å². The van der Waals surface area contributed by atoms with E-state index in [4.69, 9.17) is 0 Å². The first-order valence-electron chi connectivity index (χ1n) is 7.90. The molecule has 0 fully saturated rings. The molecule has 0 unspecified atom stereocenters. The van der Waals surface area contributed by atoms with Crippen LogP contribution in [0.1, 0.15) is 11.4 Å². The van der Waals surface area contributed by atoms with Gasteiger partial charge in [-0.1, -0.05) is 12.1 Å². The largest absolute Gasteiger partial charge is 0.289 e. The van der Waals surface area contributed by atoms with Gasteiger partial charge >= 0.3 is 0 Å². The van der Waals surface area contributed by atoms with E-state index in [2.05, 4.69) is 43.5 Å². The Morgan fingerprint density at radius 2 is 1.96 bits per heavy atom. The molecule has 7 nitrogen and oxygen atoms in total. The van der Waals surface area contributed by atoms with Gasteiger partial charge in [-0.25, -0.2) is 4.98 Å². The summed E-state index contributed by atoms with van der Waals surface area (Å²) in [5.74, 6) is 1.56. The average molecular weight is 327 g/mol. The molecule has 4 heterocycles. The second-order valence-electron chi connectivity index (χ2n) is 5.75. The molecule has 1 aromatic carbocycles. The summed E-state index contributed by atoms with van der Waals surface area (Å²) < 4.78 is 3.63. The molecule has 0 aliphatic carbocycles. The van der Waals surface area contributed by atoms with Crippen LogP contribution in [0.3, 0.4) is 0 Å². The van der Waals surface area contributed by atoms with E-state index in [9.17, 15) is 0 Å². The molecule has 4 aromatic heterocycles. The van der Waals surface area contributed by atoms with E-state index in [1.54, 1.807) is 23.2 Å². The summed E-state index contributed by atoms with van der Waals surface area (Å²) in [6.07, 6.45) is 7.74. The molecule has 120 valence electrons. The monoisotopic (exact) mass is 327 g/mol. The van der Waals surface area contributed by atoms with Gasteiger partial charge in [0.2, 0.25) is 0 Å². The molecule has 5 rings (SSSR count). The first-order valence-corrected chi connectivity index (χ1v) is 7.90. The van der Waals surface area contributed by atoms with Gasteiger partial charge in [0, 0.05) is 30.4 Å². The Bertz CT molecular complexity index is 1170. The van der Waals surface area contributed by atoms with Crippen LogP contribution in [-0.2, 0) is 6.42 Å². The second-order valence-corrected chi connectivity index (χ2v) is 5.75. The summed E-state index contributed by atoms with van der Waals surface area (Å²) in [5.41, 5.74) is 2.85. The smallest absolute Gasteiger partial charge is 0.178 e. The number of nitrogens with zero attached hydrogens (tertiary/aromatic N) is 7. The maximum Gasteiger partial charge on any atom is 0.178 e. The number of pyridine rings is 1. The van der Waals surface area contributed by atoms with Crippen molar-refractivity contribution in [1.29, 1.82) is 0 Å². The number of hydrogen-bond acceptors (Lipinski definition) is 5. The third kappa shape index (κ3) is 2.42. The van der Waals surface area contributed by atoms with Crippen LogP contribution in [0.25, 0.3) is 22.4 Å². The highest BCUT2D eigenvalue weighted by Crippen LogP contribution is 2.16. The molecule has 25 heavy (non-hydrogen) atoms. The molecule has 0 spiro atoms. The van der Waals surface area contributed by atoms with Crippen LogP contribution < -0.4 is 0 Å². The highest BCUT2D eigenvalue weighted by molar-refractivity contribution is 5.78. The predicted molar refractivity (Wildman–Crippen MR) is 92.5 cm³/mol. The Labute approximate surface area is 142 Å². The molecule has 7 heteroatoms. The zero-order valence-electron chi connectivity index (χ0n) is 13.2. The van der Waals surface area contributed by atoms with Gasteiger partial charge in [-0.3, -0.25) is 9.55 Å². The average Bonchev–Trinajstić information content (AvgIpc) is 3.32. The van der Waals surface area contributed by atoms with E-state index in [1.165, 1.54) is 0 Å². The lowest BCUT2D eigenvalue weighted by Crippen LogP contribution is -2.04. The van der Waals surface area contributed by atoms with E-state index >= 15 is 0 Å². The van der Waals surface area contributed by atoms with Crippen molar-refractivity contribution >= 4 is 16.6 Å². The molecule has 0 saturated heterocycles. The van der Waals surface area contributed by atoms with Gasteiger partial charge < -0.3 is 0 Å². The highest BCUT2D eigenvalue weighted by atomic mass is 15.4. The van der Waals surface area contributed by atoms with Crippen LogP contribution in [0.5, 0.6) is 0 Å². The number of imidazole rings is 1. The normalized spacial score (nSPS) is 11.4. The zero-order valence-corrected chi connectivity index (χ0v) is 13.2. The lowest BCUT2D eigenvalue weighted by Gasteiger charge is -2.04. The Kier molecular flexibility index (Phi) is 3.03. The van der Waals surface area contributed by atoms with E-state index < -0.39 is 0 Å². The van der Waals surface area contributed by atoms with Crippen molar-refractivity contribution in [3.63, 3.8) is 0 Å². The lowest BCUT2D eigenvalue weighted by atomic mass is 10.1. The fraction of sp³-hybridized carbons (Fsp3) is 0.0556. The molecule has 0 saturated carbocycles. The summed E-state index contributed by atoms with van der Waals surface area (Å²) in [7, 11) is 0. The fourth-order valence-corrected chi connectivity index (χ4v) is 2.88. The van der Waals surface area contributed by atoms with E-state index in [-0.39, 0.29) is 0 Å². The van der Waals surface area contributed by atoms with E-state index in [0.717, 1.165) is 33.8 Å². The van der Waals surface area contributed by atoms with Crippen LogP contribution >= 0.6 is 0 Å². The molecule has 0 aliphatic heterocycles. The standard InChI is InChI=1S/C18H13N7/c1-2-14-10-13(3-4-15(14)20-7-1)11-18-22-21-16-5-6-17(23-25(16)18)24-9-8-19-12-24/h1-10,12H,11H2. The van der Waals surface area contributed by atoms with Crippen molar-refractivity contribution in [2.24, 2.45) is 0 Å². The minimum atomic E-state index is 0.645. The topological polar surface area (TPSA) is 73.8 Å². The Balaban J connectivity index is 1.56. The lowest BCUT2D eigenvalue weighted by molar-refractivity contribution is 0.807. The van der Waals surface area contributed by atoms with Crippen molar-refractivity contribution < 1.29 is 0 Å². The van der Waals surface area contributed by atoms with Crippen molar-refractivity contribution in [2.45, 2.75) is 6.42 Å². The Morgan fingerprint density at radius 3 is 2.88 bits per heavy atom. The summed E-state index contributed by atoms with van der Waals surface area (Å²) in [4.78, 5) is 8.42. The Hall–Kier alpha value is -3.61. The number of fused-ring (bicyclic) bond motifs is 2. The molecule has 0 aliphatic rings. The van der Waals surface area contributed by atoms with E-state index in [1.807, 2.05) is 35.0 Å². The molecule has 0 bridgehead atoms. The van der Waals surface area contributed by atoms with Gasteiger partial charge in [-0.15, -0.1) is 15.3 Å². The van der Waals surface area contributed by atoms with Gasteiger partial charge in [0.25, 0.3) is 0 Å². The van der Waals surface area contributed by atoms with E-state index in [0.29, 0.717) is 6.42 Å². The van der Waals surface area contributed by atoms with Crippen LogP contribution in [0.2, 0.25) is 0 Å². The zero-order chi connectivity index (χ0) is 16.6. The molecule has 0 radical (unpaired) electrons. The van der Waals surface area contributed by atoms with Gasteiger partial charge in [0.05, 0.1) is 5.52 Å². The number of rotatable bonds is 3. The number of hydrogen-bond donors (Lipinski definition) is 0. The van der Waals surface area contributed by atoms with Crippen molar-refractivity contribution in [2.75, 3.05) is 0 Å². The van der Waals surface area contributed by atoms with Gasteiger partial charge in [-0.05, 0) is 35.9 Å². The first-order chi connectivity index (χ1) is 12.4. The third-order valence-corrected chi connectivity index (χ3v) is 4.11.